The third kappa shape index (κ3) is 19.0. The summed E-state index contributed by atoms with van der Waals surface area (Å²) < 4.78 is 4.69. The van der Waals surface area contributed by atoms with E-state index in [9.17, 15) is 9.59 Å². The van der Waals surface area contributed by atoms with E-state index in [2.05, 4.69) is 20.4 Å². The fraction of sp³-hybridized carbons (Fsp3) is 0.739. The topological polar surface area (TPSA) is 63.6 Å². The average Bonchev–Trinajstić information content (AvgIpc) is 2.67. The zero-order valence-electron chi connectivity index (χ0n) is 18.1. The van der Waals surface area contributed by atoms with E-state index >= 15 is 0 Å². The molecule has 0 fully saturated rings. The van der Waals surface area contributed by atoms with Crippen molar-refractivity contribution in [1.29, 1.82) is 0 Å². The highest BCUT2D eigenvalue weighted by Crippen LogP contribution is 2.12. The molecule has 0 heterocycles. The van der Waals surface area contributed by atoms with Crippen molar-refractivity contribution in [2.24, 2.45) is 0 Å². The predicted octanol–water partition coefficient (Wildman–Crippen LogP) is 6.84. The summed E-state index contributed by atoms with van der Waals surface area (Å²) in [7, 11) is 1.44. The second-order valence-electron chi connectivity index (χ2n) is 6.90. The number of carbonyl (C=O) groups excluding carboxylic acids is 1. The highest BCUT2D eigenvalue weighted by Gasteiger charge is 2.07. The molecule has 1 N–H and O–H groups in total. The molecule has 0 aliphatic rings. The molecule has 4 nitrogen and oxygen atoms in total. The third-order valence-electron chi connectivity index (χ3n) is 4.48. The van der Waals surface area contributed by atoms with Gasteiger partial charge in [0.2, 0.25) is 0 Å². The van der Waals surface area contributed by atoms with Crippen LogP contribution >= 0.6 is 0 Å². The summed E-state index contributed by atoms with van der Waals surface area (Å²) in [5.74, 6) is -1.03. The van der Waals surface area contributed by atoms with Crippen LogP contribution in [-0.4, -0.2) is 24.2 Å². The van der Waals surface area contributed by atoms with Gasteiger partial charge in [-0.3, -0.25) is 0 Å². The van der Waals surface area contributed by atoms with Crippen LogP contribution in [0.2, 0.25) is 0 Å². The molecule has 0 rings (SSSR count). The van der Waals surface area contributed by atoms with Gasteiger partial charge in [0, 0.05) is 11.1 Å². The number of unbranched alkanes of at least 4 members (excludes halogenated alkanes) is 9. The summed E-state index contributed by atoms with van der Waals surface area (Å²) in [6, 6.07) is 0. The first kappa shape index (κ1) is 27.6. The maximum absolute atomic E-state index is 11.2. The van der Waals surface area contributed by atoms with Gasteiger partial charge in [-0.1, -0.05) is 84.3 Å². The lowest BCUT2D eigenvalue weighted by molar-refractivity contribution is -0.136. The fourth-order valence-electron chi connectivity index (χ4n) is 2.64. The first-order valence-electron chi connectivity index (χ1n) is 10.6. The molecule has 0 radical (unpaired) electrons. The van der Waals surface area contributed by atoms with Crippen molar-refractivity contribution in [3.8, 4) is 0 Å². The minimum Gasteiger partial charge on any atom is -0.478 e. The summed E-state index contributed by atoms with van der Waals surface area (Å²) in [4.78, 5) is 21.5. The van der Waals surface area contributed by atoms with Crippen LogP contribution in [0.1, 0.15) is 104 Å². The first-order valence-corrected chi connectivity index (χ1v) is 10.6. The Bertz CT molecular complexity index is 424. The maximum atomic E-state index is 11.2. The van der Waals surface area contributed by atoms with Gasteiger partial charge in [-0.2, -0.15) is 0 Å². The Labute approximate surface area is 167 Å². The van der Waals surface area contributed by atoms with Gasteiger partial charge in [-0.15, -0.1) is 0 Å². The normalized spacial score (nSPS) is 10.7. The van der Waals surface area contributed by atoms with Crippen molar-refractivity contribution in [2.45, 2.75) is 104 Å². The Morgan fingerprint density at radius 3 is 1.70 bits per heavy atom. The van der Waals surface area contributed by atoms with Gasteiger partial charge in [0.25, 0.3) is 0 Å². The minimum absolute atomic E-state index is 0.175. The highest BCUT2D eigenvalue weighted by molar-refractivity contribution is 5.88. The van der Waals surface area contributed by atoms with Gasteiger partial charge in [0.15, 0.2) is 0 Å². The summed E-state index contributed by atoms with van der Waals surface area (Å²) in [5, 5.41) is 8.49. The van der Waals surface area contributed by atoms with Crippen molar-refractivity contribution in [3.63, 3.8) is 0 Å². The molecule has 0 spiro atoms. The Balaban J connectivity index is 0. The zero-order valence-corrected chi connectivity index (χ0v) is 18.1. The summed E-state index contributed by atoms with van der Waals surface area (Å²) in [6.07, 6.45) is 16.6. The van der Waals surface area contributed by atoms with Crippen LogP contribution in [0.5, 0.6) is 0 Å². The first-order chi connectivity index (χ1) is 12.9. The standard InChI is InChI=1S/C13H24O2.C10H18O2/c1-4-6-7-8-9-10-11-12(5-2)13(14)15-3;1-3-4-5-6-7-8-9(2)10(11)12/h5H,4,6-11H2,1-3H3;2-8H2,1H3,(H,11,12). The van der Waals surface area contributed by atoms with Gasteiger partial charge in [-0.05, 0) is 32.6 Å². The molecule has 0 amide bonds. The van der Waals surface area contributed by atoms with Crippen LogP contribution in [0, 0.1) is 0 Å². The number of carboxylic acids is 1. The molecule has 0 saturated heterocycles. The van der Waals surface area contributed by atoms with Crippen LogP contribution in [0.3, 0.4) is 0 Å². The molecule has 4 heteroatoms. The van der Waals surface area contributed by atoms with Crippen molar-refractivity contribution >= 4 is 11.9 Å². The number of ether oxygens (including phenoxy) is 1. The minimum atomic E-state index is -0.856. The van der Waals surface area contributed by atoms with Crippen LogP contribution in [-0.2, 0) is 14.3 Å². The van der Waals surface area contributed by atoms with Gasteiger partial charge < -0.3 is 9.84 Å². The second-order valence-corrected chi connectivity index (χ2v) is 6.90. The Hall–Kier alpha value is -1.58. The van der Waals surface area contributed by atoms with Gasteiger partial charge in [0.05, 0.1) is 7.11 Å². The summed E-state index contributed by atoms with van der Waals surface area (Å²) in [5.41, 5.74) is 1.15. The number of rotatable bonds is 15. The number of carbonyl (C=O) groups is 2. The molecule has 0 aliphatic carbocycles. The molecule has 0 saturated carbocycles. The summed E-state index contributed by atoms with van der Waals surface area (Å²) in [6.45, 7) is 9.74. The van der Waals surface area contributed by atoms with Crippen molar-refractivity contribution in [2.75, 3.05) is 7.11 Å². The molecule has 0 unspecified atom stereocenters. The Morgan fingerprint density at radius 1 is 0.852 bits per heavy atom. The molecule has 0 aliphatic heterocycles. The third-order valence-corrected chi connectivity index (χ3v) is 4.48. The van der Waals surface area contributed by atoms with E-state index in [1.54, 1.807) is 0 Å². The number of hydrogen-bond donors (Lipinski definition) is 1. The average molecular weight is 383 g/mol. The highest BCUT2D eigenvalue weighted by atomic mass is 16.5. The molecule has 27 heavy (non-hydrogen) atoms. The fourth-order valence-corrected chi connectivity index (χ4v) is 2.64. The number of hydrogen-bond acceptors (Lipinski definition) is 3. The van der Waals surface area contributed by atoms with Crippen LogP contribution in [0.25, 0.3) is 0 Å². The molecular weight excluding hydrogens is 340 g/mol. The number of methoxy groups -OCH3 is 1. The molecule has 0 bridgehead atoms. The molecule has 0 atom stereocenters. The number of esters is 1. The van der Waals surface area contributed by atoms with Crippen molar-refractivity contribution in [1.82, 2.24) is 0 Å². The number of allylic oxidation sites excluding steroid dienone is 1. The van der Waals surface area contributed by atoms with E-state index in [1.165, 1.54) is 58.5 Å². The number of aliphatic carboxylic acids is 1. The van der Waals surface area contributed by atoms with Crippen molar-refractivity contribution in [3.05, 3.63) is 23.8 Å². The van der Waals surface area contributed by atoms with Crippen LogP contribution in [0.15, 0.2) is 23.8 Å². The lowest BCUT2D eigenvalue weighted by atomic mass is 10.1. The predicted molar refractivity (Wildman–Crippen MR) is 114 cm³/mol. The maximum Gasteiger partial charge on any atom is 0.333 e. The second kappa shape index (κ2) is 20.7. The molecule has 0 aromatic heterocycles. The summed E-state index contributed by atoms with van der Waals surface area (Å²) >= 11 is 0. The monoisotopic (exact) mass is 382 g/mol. The molecule has 158 valence electrons. The molecular formula is C23H42O4. The van der Waals surface area contributed by atoms with Crippen LogP contribution < -0.4 is 0 Å². The van der Waals surface area contributed by atoms with E-state index in [0.717, 1.165) is 31.3 Å². The molecule has 0 aromatic rings. The van der Waals surface area contributed by atoms with Gasteiger partial charge >= 0.3 is 11.9 Å². The van der Waals surface area contributed by atoms with E-state index < -0.39 is 5.97 Å². The van der Waals surface area contributed by atoms with Crippen molar-refractivity contribution < 1.29 is 19.4 Å². The smallest absolute Gasteiger partial charge is 0.333 e. The van der Waals surface area contributed by atoms with E-state index in [-0.39, 0.29) is 5.97 Å². The molecule has 0 aromatic carbocycles. The Kier molecular flexibility index (Phi) is 21.2. The van der Waals surface area contributed by atoms with Crippen LogP contribution in [0.4, 0.5) is 0 Å². The SMILES string of the molecule is C=C(CCCCCCC)C(=O)O.CC=C(CCCCCCCC)C(=O)OC. The quantitative estimate of drug-likeness (QED) is 0.191. The van der Waals surface area contributed by atoms with Gasteiger partial charge in [0.1, 0.15) is 0 Å². The van der Waals surface area contributed by atoms with E-state index in [0.29, 0.717) is 12.0 Å². The lowest BCUT2D eigenvalue weighted by Crippen LogP contribution is -2.04. The Morgan fingerprint density at radius 2 is 1.30 bits per heavy atom. The number of carboxylic acid groups (broad SMARTS) is 1. The van der Waals surface area contributed by atoms with E-state index in [4.69, 9.17) is 9.84 Å². The van der Waals surface area contributed by atoms with Gasteiger partial charge in [-0.25, -0.2) is 9.59 Å². The zero-order chi connectivity index (χ0) is 20.9. The largest absolute Gasteiger partial charge is 0.478 e. The van der Waals surface area contributed by atoms with E-state index in [1.807, 2.05) is 13.0 Å². The lowest BCUT2D eigenvalue weighted by Gasteiger charge is -2.04.